The van der Waals surface area contributed by atoms with Crippen LogP contribution in [0.25, 0.3) is 0 Å². The van der Waals surface area contributed by atoms with Crippen LogP contribution in [0.4, 0.5) is 5.00 Å². The maximum absolute atomic E-state index is 12.7. The summed E-state index contributed by atoms with van der Waals surface area (Å²) in [5.74, 6) is 2.21. The Balaban J connectivity index is 1.38. The molecular formula is C25H29N5O2S2. The summed E-state index contributed by atoms with van der Waals surface area (Å²) in [5, 5.41) is 22.5. The van der Waals surface area contributed by atoms with Gasteiger partial charge in [-0.05, 0) is 63.1 Å². The number of carbonyl (C=O) groups is 1. The van der Waals surface area contributed by atoms with Crippen molar-refractivity contribution in [2.24, 2.45) is 5.92 Å². The number of nitrogens with one attached hydrogen (secondary N) is 1. The lowest BCUT2D eigenvalue weighted by molar-refractivity contribution is -0.113. The van der Waals surface area contributed by atoms with Gasteiger partial charge in [0.15, 0.2) is 11.0 Å². The van der Waals surface area contributed by atoms with Crippen molar-refractivity contribution >= 4 is 34.0 Å². The molecule has 9 heteroatoms. The topological polar surface area (TPSA) is 92.8 Å². The van der Waals surface area contributed by atoms with Crippen LogP contribution in [-0.2, 0) is 30.8 Å². The summed E-state index contributed by atoms with van der Waals surface area (Å²) >= 11 is 2.88. The van der Waals surface area contributed by atoms with E-state index in [2.05, 4.69) is 41.5 Å². The molecule has 1 atom stereocenters. The number of carbonyl (C=O) groups excluding carboxylic acids is 1. The first kappa shape index (κ1) is 24.3. The monoisotopic (exact) mass is 495 g/mol. The van der Waals surface area contributed by atoms with Gasteiger partial charge in [0.2, 0.25) is 5.91 Å². The molecule has 0 spiro atoms. The van der Waals surface area contributed by atoms with Gasteiger partial charge in [-0.2, -0.15) is 5.26 Å². The molecule has 0 aliphatic heterocycles. The van der Waals surface area contributed by atoms with Crippen LogP contribution in [0.2, 0.25) is 0 Å². The van der Waals surface area contributed by atoms with Crippen molar-refractivity contribution in [2.75, 3.05) is 11.1 Å². The van der Waals surface area contributed by atoms with Crippen molar-refractivity contribution in [1.82, 2.24) is 14.8 Å². The number of thioether (sulfide) groups is 1. The molecular weight excluding hydrogens is 466 g/mol. The second-order valence-corrected chi connectivity index (χ2v) is 10.8. The standard InChI is InChI=1S/C25H29N5O2S2/c1-5-30-22(13-32-20-9-7-15(2)10-17(20)4)28-29-25(30)33-14-23(31)27-24-19(12-26)18-8-6-16(3)11-21(18)34-24/h7,9-10,16H,5-6,8,11,13-14H2,1-4H3,(H,27,31). The first-order chi connectivity index (χ1) is 16.4. The van der Waals surface area contributed by atoms with Crippen LogP contribution in [0, 0.1) is 31.1 Å². The molecule has 7 nitrogen and oxygen atoms in total. The minimum atomic E-state index is -0.146. The average Bonchev–Trinajstić information content (AvgIpc) is 3.36. The fourth-order valence-electron chi connectivity index (χ4n) is 4.20. The number of aryl methyl sites for hydroxylation is 2. The van der Waals surface area contributed by atoms with Crippen LogP contribution in [0.1, 0.15) is 53.2 Å². The van der Waals surface area contributed by atoms with Gasteiger partial charge in [-0.1, -0.05) is 36.4 Å². The molecule has 2 aromatic heterocycles. The predicted octanol–water partition coefficient (Wildman–Crippen LogP) is 5.28. The van der Waals surface area contributed by atoms with E-state index in [1.807, 2.05) is 30.5 Å². The Morgan fingerprint density at radius 2 is 2.21 bits per heavy atom. The molecule has 0 radical (unpaired) electrons. The number of fused-ring (bicyclic) bond motifs is 1. The SMILES string of the molecule is CCn1c(COc2ccc(C)cc2C)nnc1SCC(=O)Nc1sc2c(c1C#N)CCC(C)C2. The number of ether oxygens (including phenoxy) is 1. The van der Waals surface area contributed by atoms with Crippen molar-refractivity contribution in [2.45, 2.75) is 65.3 Å². The Morgan fingerprint density at radius 1 is 1.38 bits per heavy atom. The molecule has 0 saturated carbocycles. The zero-order valence-electron chi connectivity index (χ0n) is 20.0. The van der Waals surface area contributed by atoms with Crippen LogP contribution in [0.5, 0.6) is 5.75 Å². The Labute approximate surface area is 208 Å². The quantitative estimate of drug-likeness (QED) is 0.427. The lowest BCUT2D eigenvalue weighted by Crippen LogP contribution is -2.15. The normalized spacial score (nSPS) is 15.0. The van der Waals surface area contributed by atoms with Crippen LogP contribution in [-0.4, -0.2) is 26.4 Å². The summed E-state index contributed by atoms with van der Waals surface area (Å²) in [5.41, 5.74) is 4.02. The maximum Gasteiger partial charge on any atom is 0.235 e. The number of nitriles is 1. The Hall–Kier alpha value is -2.83. The van der Waals surface area contributed by atoms with Crippen molar-refractivity contribution in [1.29, 1.82) is 5.26 Å². The molecule has 1 N–H and O–H groups in total. The van der Waals surface area contributed by atoms with Gasteiger partial charge >= 0.3 is 0 Å². The summed E-state index contributed by atoms with van der Waals surface area (Å²) in [6, 6.07) is 8.38. The Morgan fingerprint density at radius 3 is 2.94 bits per heavy atom. The van der Waals surface area contributed by atoms with E-state index in [0.29, 0.717) is 34.8 Å². The third kappa shape index (κ3) is 5.29. The molecule has 0 saturated heterocycles. The predicted molar refractivity (Wildman–Crippen MR) is 136 cm³/mol. The summed E-state index contributed by atoms with van der Waals surface area (Å²) < 4.78 is 7.94. The largest absolute Gasteiger partial charge is 0.485 e. The summed E-state index contributed by atoms with van der Waals surface area (Å²) in [4.78, 5) is 13.9. The van der Waals surface area contributed by atoms with E-state index >= 15 is 0 Å². The second-order valence-electron chi connectivity index (χ2n) is 8.71. The van der Waals surface area contributed by atoms with Crippen LogP contribution >= 0.6 is 23.1 Å². The van der Waals surface area contributed by atoms with Crippen LogP contribution < -0.4 is 10.1 Å². The van der Waals surface area contributed by atoms with Gasteiger partial charge in [0.05, 0.1) is 11.3 Å². The highest BCUT2D eigenvalue weighted by atomic mass is 32.2. The molecule has 1 amide bonds. The highest BCUT2D eigenvalue weighted by Gasteiger charge is 2.25. The smallest absolute Gasteiger partial charge is 0.235 e. The van der Waals surface area contributed by atoms with Crippen LogP contribution in [0.3, 0.4) is 0 Å². The second kappa shape index (κ2) is 10.6. The Bertz CT molecular complexity index is 1240. The third-order valence-corrected chi connectivity index (χ3v) is 8.14. The molecule has 1 unspecified atom stereocenters. The molecule has 178 valence electrons. The molecule has 1 aliphatic carbocycles. The first-order valence-corrected chi connectivity index (χ1v) is 13.3. The zero-order valence-corrected chi connectivity index (χ0v) is 21.6. The van der Waals surface area contributed by atoms with Crippen molar-refractivity contribution in [3.63, 3.8) is 0 Å². The molecule has 0 bridgehead atoms. The third-order valence-electron chi connectivity index (χ3n) is 6.01. The minimum absolute atomic E-state index is 0.146. The van der Waals surface area contributed by atoms with E-state index in [9.17, 15) is 10.1 Å². The highest BCUT2D eigenvalue weighted by Crippen LogP contribution is 2.39. The zero-order chi connectivity index (χ0) is 24.2. The number of benzene rings is 1. The van der Waals surface area contributed by atoms with E-state index in [4.69, 9.17) is 4.74 Å². The van der Waals surface area contributed by atoms with Gasteiger partial charge < -0.3 is 14.6 Å². The van der Waals surface area contributed by atoms with Crippen molar-refractivity contribution in [3.05, 3.63) is 51.2 Å². The number of rotatable bonds is 8. The fourth-order valence-corrected chi connectivity index (χ4v) is 6.40. The highest BCUT2D eigenvalue weighted by molar-refractivity contribution is 7.99. The number of hydrogen-bond acceptors (Lipinski definition) is 7. The number of aromatic nitrogens is 3. The van der Waals surface area contributed by atoms with Gasteiger partial charge in [0.25, 0.3) is 0 Å². The maximum atomic E-state index is 12.7. The number of amides is 1. The van der Waals surface area contributed by atoms with E-state index in [0.717, 1.165) is 42.0 Å². The summed E-state index contributed by atoms with van der Waals surface area (Å²) in [6.45, 7) is 9.31. The van der Waals surface area contributed by atoms with Crippen molar-refractivity contribution < 1.29 is 9.53 Å². The summed E-state index contributed by atoms with van der Waals surface area (Å²) in [6.07, 6.45) is 2.98. The fraction of sp³-hybridized carbons (Fsp3) is 0.440. The lowest BCUT2D eigenvalue weighted by atomic mass is 9.89. The average molecular weight is 496 g/mol. The summed E-state index contributed by atoms with van der Waals surface area (Å²) in [7, 11) is 0. The van der Waals surface area contributed by atoms with E-state index in [1.165, 1.54) is 22.2 Å². The molecule has 3 aromatic rings. The van der Waals surface area contributed by atoms with E-state index in [-0.39, 0.29) is 11.7 Å². The molecule has 1 aliphatic rings. The van der Waals surface area contributed by atoms with Gasteiger partial charge in [0.1, 0.15) is 23.4 Å². The Kier molecular flexibility index (Phi) is 7.59. The first-order valence-electron chi connectivity index (χ1n) is 11.5. The van der Waals surface area contributed by atoms with E-state index in [1.54, 1.807) is 11.3 Å². The molecule has 4 rings (SSSR count). The van der Waals surface area contributed by atoms with Gasteiger partial charge in [-0.25, -0.2) is 0 Å². The number of nitrogens with zero attached hydrogens (tertiary/aromatic N) is 4. The van der Waals surface area contributed by atoms with Crippen LogP contribution in [0.15, 0.2) is 23.4 Å². The molecule has 2 heterocycles. The minimum Gasteiger partial charge on any atom is -0.485 e. The molecule has 0 fully saturated rings. The molecule has 1 aromatic carbocycles. The number of anilines is 1. The van der Waals surface area contributed by atoms with E-state index < -0.39 is 0 Å². The van der Waals surface area contributed by atoms with Crippen molar-refractivity contribution in [3.8, 4) is 11.8 Å². The number of thiophene rings is 1. The molecule has 34 heavy (non-hydrogen) atoms. The number of hydrogen-bond donors (Lipinski definition) is 1. The van der Waals surface area contributed by atoms with Gasteiger partial charge in [-0.3, -0.25) is 4.79 Å². The van der Waals surface area contributed by atoms with Gasteiger partial charge in [-0.15, -0.1) is 21.5 Å². The van der Waals surface area contributed by atoms with Gasteiger partial charge in [0, 0.05) is 11.4 Å². The lowest BCUT2D eigenvalue weighted by Gasteiger charge is -2.17.